The molecule has 0 aromatic rings. The fraction of sp³-hybridized carbons (Fsp3) is 0.941. The largest absolute Gasteiger partial charge is 0.444 e. The molecule has 0 spiro atoms. The summed E-state index contributed by atoms with van der Waals surface area (Å²) in [6, 6.07) is 1.25. The van der Waals surface area contributed by atoms with E-state index >= 15 is 0 Å². The lowest BCUT2D eigenvalue weighted by molar-refractivity contribution is 0.0196. The summed E-state index contributed by atoms with van der Waals surface area (Å²) in [7, 11) is 0. The highest BCUT2D eigenvalue weighted by Crippen LogP contribution is 2.30. The highest BCUT2D eigenvalue weighted by atomic mass is 32.2. The number of piperidine rings is 1. The standard InChI is InChI=1S/C17H32N2O2S/c1-5-22-15-7-6-14(12-15)18-13-8-10-19(11-9-13)16(20)21-17(2,3)4/h13-15,18H,5-12H2,1-4H3. The van der Waals surface area contributed by atoms with E-state index in [1.807, 2.05) is 25.7 Å². The van der Waals surface area contributed by atoms with Gasteiger partial charge in [0, 0.05) is 30.4 Å². The van der Waals surface area contributed by atoms with Crippen molar-refractivity contribution in [2.75, 3.05) is 18.8 Å². The van der Waals surface area contributed by atoms with Crippen molar-refractivity contribution in [2.24, 2.45) is 0 Å². The number of rotatable bonds is 4. The quantitative estimate of drug-likeness (QED) is 0.855. The molecule has 1 saturated heterocycles. The summed E-state index contributed by atoms with van der Waals surface area (Å²) < 4.78 is 5.45. The van der Waals surface area contributed by atoms with E-state index in [9.17, 15) is 4.79 Å². The summed E-state index contributed by atoms with van der Waals surface area (Å²) in [6.07, 6.45) is 5.90. The Hall–Kier alpha value is -0.420. The van der Waals surface area contributed by atoms with Crippen molar-refractivity contribution in [2.45, 2.75) is 82.7 Å². The minimum atomic E-state index is -0.401. The summed E-state index contributed by atoms with van der Waals surface area (Å²) in [4.78, 5) is 13.9. The van der Waals surface area contributed by atoms with Crippen LogP contribution < -0.4 is 5.32 Å². The number of thioether (sulfide) groups is 1. The summed E-state index contributed by atoms with van der Waals surface area (Å²) in [5.74, 6) is 1.23. The normalized spacial score (nSPS) is 27.2. The van der Waals surface area contributed by atoms with Crippen LogP contribution in [0.15, 0.2) is 0 Å². The van der Waals surface area contributed by atoms with Gasteiger partial charge in [0.25, 0.3) is 0 Å². The maximum Gasteiger partial charge on any atom is 0.410 e. The van der Waals surface area contributed by atoms with Gasteiger partial charge in [-0.25, -0.2) is 4.79 Å². The number of carbonyl (C=O) groups is 1. The number of ether oxygens (including phenoxy) is 1. The SMILES string of the molecule is CCSC1CCC(NC2CCN(C(=O)OC(C)(C)C)CC2)C1. The molecule has 2 fully saturated rings. The first-order valence-corrected chi connectivity index (χ1v) is 9.78. The summed E-state index contributed by atoms with van der Waals surface area (Å²) in [5.41, 5.74) is -0.401. The fourth-order valence-electron chi connectivity index (χ4n) is 3.37. The van der Waals surface area contributed by atoms with Crippen LogP contribution in [-0.2, 0) is 4.74 Å². The van der Waals surface area contributed by atoms with Crippen LogP contribution in [0, 0.1) is 0 Å². The lowest BCUT2D eigenvalue weighted by Gasteiger charge is -2.35. The molecule has 1 aliphatic carbocycles. The van der Waals surface area contributed by atoms with Gasteiger partial charge in [-0.1, -0.05) is 6.92 Å². The highest BCUT2D eigenvalue weighted by molar-refractivity contribution is 7.99. The van der Waals surface area contributed by atoms with Crippen LogP contribution in [0.1, 0.15) is 59.8 Å². The number of carbonyl (C=O) groups excluding carboxylic acids is 1. The van der Waals surface area contributed by atoms with Crippen LogP contribution in [0.5, 0.6) is 0 Å². The van der Waals surface area contributed by atoms with Crippen molar-refractivity contribution in [1.29, 1.82) is 0 Å². The zero-order chi connectivity index (χ0) is 16.2. The Morgan fingerprint density at radius 1 is 1.18 bits per heavy atom. The van der Waals surface area contributed by atoms with Gasteiger partial charge in [-0.05, 0) is 58.6 Å². The molecular formula is C17H32N2O2S. The zero-order valence-electron chi connectivity index (χ0n) is 14.6. The van der Waals surface area contributed by atoms with Crippen LogP contribution in [0.3, 0.4) is 0 Å². The van der Waals surface area contributed by atoms with E-state index in [1.165, 1.54) is 25.0 Å². The second-order valence-electron chi connectivity index (χ2n) is 7.50. The molecule has 2 rings (SSSR count). The predicted molar refractivity (Wildman–Crippen MR) is 93.5 cm³/mol. The number of hydrogen-bond donors (Lipinski definition) is 1. The van der Waals surface area contributed by atoms with E-state index in [-0.39, 0.29) is 6.09 Å². The van der Waals surface area contributed by atoms with E-state index in [0.29, 0.717) is 12.1 Å². The number of nitrogens with zero attached hydrogens (tertiary/aromatic N) is 1. The third kappa shape index (κ3) is 5.65. The van der Waals surface area contributed by atoms with E-state index < -0.39 is 5.60 Å². The lowest BCUT2D eigenvalue weighted by Crippen LogP contribution is -2.48. The predicted octanol–water partition coefficient (Wildman–Crippen LogP) is 3.65. The third-order valence-corrected chi connectivity index (χ3v) is 5.64. The molecule has 2 aliphatic rings. The average molecular weight is 329 g/mol. The number of hydrogen-bond acceptors (Lipinski definition) is 4. The number of likely N-dealkylation sites (tertiary alicyclic amines) is 1. The smallest absolute Gasteiger partial charge is 0.410 e. The van der Waals surface area contributed by atoms with Crippen molar-refractivity contribution in [3.8, 4) is 0 Å². The molecule has 0 radical (unpaired) electrons. The first kappa shape index (κ1) is 17.9. The van der Waals surface area contributed by atoms with Crippen LogP contribution >= 0.6 is 11.8 Å². The maximum atomic E-state index is 12.1. The van der Waals surface area contributed by atoms with E-state index in [0.717, 1.165) is 31.2 Å². The molecule has 0 aromatic heterocycles. The molecule has 2 atom stereocenters. The topological polar surface area (TPSA) is 41.6 Å². The van der Waals surface area contributed by atoms with Crippen molar-refractivity contribution in [1.82, 2.24) is 10.2 Å². The van der Waals surface area contributed by atoms with E-state index in [1.54, 1.807) is 0 Å². The van der Waals surface area contributed by atoms with Crippen molar-refractivity contribution < 1.29 is 9.53 Å². The molecule has 1 aliphatic heterocycles. The lowest BCUT2D eigenvalue weighted by atomic mass is 10.0. The number of nitrogens with one attached hydrogen (secondary N) is 1. The van der Waals surface area contributed by atoms with Gasteiger partial charge in [-0.3, -0.25) is 0 Å². The van der Waals surface area contributed by atoms with Crippen molar-refractivity contribution in [3.05, 3.63) is 0 Å². The Morgan fingerprint density at radius 2 is 1.86 bits per heavy atom. The van der Waals surface area contributed by atoms with Crippen molar-refractivity contribution in [3.63, 3.8) is 0 Å². The monoisotopic (exact) mass is 328 g/mol. The third-order valence-electron chi connectivity index (χ3n) is 4.40. The Balaban J connectivity index is 1.68. The molecule has 2 unspecified atom stereocenters. The molecule has 22 heavy (non-hydrogen) atoms. The Bertz CT molecular complexity index is 362. The molecule has 1 heterocycles. The Kier molecular flexibility index (Phi) is 6.45. The molecule has 1 saturated carbocycles. The Labute approximate surface area is 139 Å². The first-order chi connectivity index (χ1) is 10.4. The van der Waals surface area contributed by atoms with E-state index in [4.69, 9.17) is 4.74 Å². The molecular weight excluding hydrogens is 296 g/mol. The van der Waals surface area contributed by atoms with Crippen LogP contribution in [0.4, 0.5) is 4.79 Å². The molecule has 0 aromatic carbocycles. The van der Waals surface area contributed by atoms with Crippen LogP contribution in [-0.4, -0.2) is 52.8 Å². The van der Waals surface area contributed by atoms with Gasteiger partial charge >= 0.3 is 6.09 Å². The molecule has 0 bridgehead atoms. The fourth-order valence-corrected chi connectivity index (χ4v) is 4.51. The summed E-state index contributed by atoms with van der Waals surface area (Å²) in [5, 5.41) is 4.67. The van der Waals surface area contributed by atoms with Crippen molar-refractivity contribution >= 4 is 17.9 Å². The molecule has 1 amide bonds. The molecule has 1 N–H and O–H groups in total. The van der Waals surface area contributed by atoms with Crippen LogP contribution in [0.25, 0.3) is 0 Å². The van der Waals surface area contributed by atoms with Gasteiger partial charge in [0.1, 0.15) is 5.60 Å². The van der Waals surface area contributed by atoms with E-state index in [2.05, 4.69) is 24.0 Å². The second-order valence-corrected chi connectivity index (χ2v) is 9.07. The second kappa shape index (κ2) is 7.91. The van der Waals surface area contributed by atoms with Gasteiger partial charge in [0.2, 0.25) is 0 Å². The van der Waals surface area contributed by atoms with Gasteiger partial charge in [0.05, 0.1) is 0 Å². The summed E-state index contributed by atoms with van der Waals surface area (Å²) >= 11 is 2.10. The average Bonchev–Trinajstić information content (AvgIpc) is 2.85. The minimum absolute atomic E-state index is 0.161. The first-order valence-electron chi connectivity index (χ1n) is 8.73. The zero-order valence-corrected chi connectivity index (χ0v) is 15.4. The molecule has 128 valence electrons. The Morgan fingerprint density at radius 3 is 2.45 bits per heavy atom. The van der Waals surface area contributed by atoms with Gasteiger partial charge in [-0.15, -0.1) is 0 Å². The van der Waals surface area contributed by atoms with Crippen LogP contribution in [0.2, 0.25) is 0 Å². The molecule has 4 nitrogen and oxygen atoms in total. The number of amides is 1. The highest BCUT2D eigenvalue weighted by Gasteiger charge is 2.30. The van der Waals surface area contributed by atoms with Gasteiger partial charge in [0.15, 0.2) is 0 Å². The van der Waals surface area contributed by atoms with Gasteiger partial charge in [-0.2, -0.15) is 11.8 Å². The summed E-state index contributed by atoms with van der Waals surface area (Å²) in [6.45, 7) is 9.63. The minimum Gasteiger partial charge on any atom is -0.444 e. The maximum absolute atomic E-state index is 12.1. The van der Waals surface area contributed by atoms with Gasteiger partial charge < -0.3 is 15.0 Å². The molecule has 5 heteroatoms.